The molecule has 0 unspecified atom stereocenters. The average Bonchev–Trinajstić information content (AvgIpc) is 2.28. The number of rotatable bonds is 2. The molecule has 2 rings (SSSR count). The van der Waals surface area contributed by atoms with Crippen LogP contribution in [0.15, 0.2) is 29.2 Å². The Labute approximate surface area is 97.3 Å². The molecule has 2 aromatic heterocycles. The number of halogens is 1. The highest BCUT2D eigenvalue weighted by Gasteiger charge is 2.06. The molecule has 1 N–H and O–H groups in total. The molecule has 0 radical (unpaired) electrons. The molecule has 0 atom stereocenters. The number of nitrogens with one attached hydrogen (secondary N) is 1. The summed E-state index contributed by atoms with van der Waals surface area (Å²) in [5.41, 5.74) is 1.96. The van der Waals surface area contributed by atoms with Gasteiger partial charge in [0, 0.05) is 12.3 Å². The Hall–Kier alpha value is -1.68. The summed E-state index contributed by atoms with van der Waals surface area (Å²) in [5, 5.41) is 0. The summed E-state index contributed by atoms with van der Waals surface area (Å²) in [4.78, 5) is 22.4. The van der Waals surface area contributed by atoms with Crippen molar-refractivity contribution in [1.29, 1.82) is 0 Å². The lowest BCUT2D eigenvalue weighted by Gasteiger charge is -2.04. The van der Waals surface area contributed by atoms with E-state index in [2.05, 4.69) is 15.0 Å². The second-order valence-electron chi connectivity index (χ2n) is 3.39. The van der Waals surface area contributed by atoms with Crippen LogP contribution in [0.4, 0.5) is 0 Å². The molecule has 82 valence electrons. The SMILES string of the molecule is Cc1cccnc1-c1nc(CCl)cc(=O)[nH]1. The van der Waals surface area contributed by atoms with Crippen LogP contribution in [0.5, 0.6) is 0 Å². The van der Waals surface area contributed by atoms with Crippen LogP contribution in [-0.4, -0.2) is 15.0 Å². The van der Waals surface area contributed by atoms with E-state index in [0.717, 1.165) is 5.56 Å². The quantitative estimate of drug-likeness (QED) is 0.809. The van der Waals surface area contributed by atoms with Crippen molar-refractivity contribution >= 4 is 11.6 Å². The minimum atomic E-state index is -0.217. The van der Waals surface area contributed by atoms with Gasteiger partial charge in [-0.2, -0.15) is 0 Å². The van der Waals surface area contributed by atoms with Gasteiger partial charge in [-0.05, 0) is 18.6 Å². The van der Waals surface area contributed by atoms with Gasteiger partial charge in [-0.15, -0.1) is 11.6 Å². The lowest BCUT2D eigenvalue weighted by atomic mass is 10.2. The lowest BCUT2D eigenvalue weighted by Crippen LogP contribution is -2.10. The van der Waals surface area contributed by atoms with E-state index >= 15 is 0 Å². The zero-order valence-corrected chi connectivity index (χ0v) is 9.45. The molecule has 5 heteroatoms. The third-order valence-electron chi connectivity index (χ3n) is 2.17. The molecule has 0 saturated heterocycles. The Morgan fingerprint density at radius 3 is 3.00 bits per heavy atom. The summed E-state index contributed by atoms with van der Waals surface area (Å²) in [6.45, 7) is 1.91. The van der Waals surface area contributed by atoms with Gasteiger partial charge < -0.3 is 4.98 Å². The van der Waals surface area contributed by atoms with Gasteiger partial charge >= 0.3 is 0 Å². The van der Waals surface area contributed by atoms with Gasteiger partial charge in [0.25, 0.3) is 5.56 Å². The lowest BCUT2D eigenvalue weighted by molar-refractivity contribution is 1.04. The zero-order valence-electron chi connectivity index (χ0n) is 8.70. The molecule has 16 heavy (non-hydrogen) atoms. The first-order chi connectivity index (χ1) is 7.70. The van der Waals surface area contributed by atoms with Crippen LogP contribution in [0.3, 0.4) is 0 Å². The molecule has 0 aliphatic heterocycles. The van der Waals surface area contributed by atoms with E-state index < -0.39 is 0 Å². The van der Waals surface area contributed by atoms with Crippen molar-refractivity contribution in [1.82, 2.24) is 15.0 Å². The number of aromatic amines is 1. The molecule has 4 nitrogen and oxygen atoms in total. The molecular formula is C11H10ClN3O. The Morgan fingerprint density at radius 2 is 2.31 bits per heavy atom. The van der Waals surface area contributed by atoms with E-state index in [4.69, 9.17) is 11.6 Å². The van der Waals surface area contributed by atoms with E-state index in [1.807, 2.05) is 19.1 Å². The van der Waals surface area contributed by atoms with E-state index in [0.29, 0.717) is 17.2 Å². The van der Waals surface area contributed by atoms with Crippen molar-refractivity contribution < 1.29 is 0 Å². The molecule has 0 aromatic carbocycles. The van der Waals surface area contributed by atoms with Gasteiger partial charge in [-0.3, -0.25) is 9.78 Å². The molecule has 0 spiro atoms. The van der Waals surface area contributed by atoms with Gasteiger partial charge in [0.05, 0.1) is 11.6 Å². The standard InChI is InChI=1S/C11H10ClN3O/c1-7-3-2-4-13-10(7)11-14-8(6-12)5-9(16)15-11/h2-5H,6H2,1H3,(H,14,15,16). The van der Waals surface area contributed by atoms with Crippen LogP contribution in [0.1, 0.15) is 11.3 Å². The number of nitrogens with zero attached hydrogens (tertiary/aromatic N) is 2. The van der Waals surface area contributed by atoms with E-state index in [1.54, 1.807) is 6.20 Å². The van der Waals surface area contributed by atoms with Crippen molar-refractivity contribution in [3.05, 3.63) is 46.0 Å². The summed E-state index contributed by atoms with van der Waals surface area (Å²) in [6.07, 6.45) is 1.66. The molecular weight excluding hydrogens is 226 g/mol. The molecule has 2 heterocycles. The normalized spacial score (nSPS) is 10.4. The third-order valence-corrected chi connectivity index (χ3v) is 2.44. The first-order valence-corrected chi connectivity index (χ1v) is 5.32. The van der Waals surface area contributed by atoms with Crippen molar-refractivity contribution in [2.24, 2.45) is 0 Å². The average molecular weight is 236 g/mol. The molecule has 2 aromatic rings. The topological polar surface area (TPSA) is 58.6 Å². The van der Waals surface area contributed by atoms with Crippen LogP contribution in [0, 0.1) is 6.92 Å². The maximum absolute atomic E-state index is 11.4. The number of alkyl halides is 1. The van der Waals surface area contributed by atoms with Gasteiger partial charge in [0.15, 0.2) is 5.82 Å². The van der Waals surface area contributed by atoms with Crippen molar-refractivity contribution in [2.75, 3.05) is 0 Å². The fourth-order valence-corrected chi connectivity index (χ4v) is 1.56. The maximum Gasteiger partial charge on any atom is 0.251 e. The number of hydrogen-bond donors (Lipinski definition) is 1. The Kier molecular flexibility index (Phi) is 3.01. The zero-order chi connectivity index (χ0) is 11.5. The van der Waals surface area contributed by atoms with Crippen LogP contribution in [-0.2, 0) is 5.88 Å². The first kappa shape index (κ1) is 10.8. The molecule has 0 bridgehead atoms. The highest BCUT2D eigenvalue weighted by molar-refractivity contribution is 6.16. The van der Waals surface area contributed by atoms with Gasteiger partial charge in [0.2, 0.25) is 0 Å². The van der Waals surface area contributed by atoms with E-state index in [-0.39, 0.29) is 11.4 Å². The summed E-state index contributed by atoms with van der Waals surface area (Å²) < 4.78 is 0. The first-order valence-electron chi connectivity index (χ1n) is 4.79. The molecule has 0 fully saturated rings. The Balaban J connectivity index is 2.60. The number of hydrogen-bond acceptors (Lipinski definition) is 3. The minimum Gasteiger partial charge on any atom is -0.305 e. The summed E-state index contributed by atoms with van der Waals surface area (Å²) >= 11 is 5.66. The fourth-order valence-electron chi connectivity index (χ4n) is 1.42. The van der Waals surface area contributed by atoms with Crippen molar-refractivity contribution in [3.8, 4) is 11.5 Å². The van der Waals surface area contributed by atoms with Gasteiger partial charge in [0.1, 0.15) is 5.69 Å². The molecule has 0 aliphatic carbocycles. The maximum atomic E-state index is 11.4. The third kappa shape index (κ3) is 2.12. The Bertz CT molecular complexity index is 565. The smallest absolute Gasteiger partial charge is 0.251 e. The Morgan fingerprint density at radius 1 is 1.50 bits per heavy atom. The van der Waals surface area contributed by atoms with Gasteiger partial charge in [-0.25, -0.2) is 4.98 Å². The highest BCUT2D eigenvalue weighted by Crippen LogP contribution is 2.15. The fraction of sp³-hybridized carbons (Fsp3) is 0.182. The van der Waals surface area contributed by atoms with Crippen LogP contribution in [0.2, 0.25) is 0 Å². The molecule has 0 aliphatic rings. The monoisotopic (exact) mass is 235 g/mol. The summed E-state index contributed by atoms with van der Waals surface area (Å²) in [6, 6.07) is 5.13. The number of aryl methyl sites for hydroxylation is 1. The highest BCUT2D eigenvalue weighted by atomic mass is 35.5. The van der Waals surface area contributed by atoms with E-state index in [9.17, 15) is 4.79 Å². The molecule has 0 saturated carbocycles. The predicted molar refractivity (Wildman–Crippen MR) is 62.4 cm³/mol. The number of pyridine rings is 1. The summed E-state index contributed by atoms with van der Waals surface area (Å²) in [5.74, 6) is 0.671. The van der Waals surface area contributed by atoms with Gasteiger partial charge in [-0.1, -0.05) is 6.07 Å². The second-order valence-corrected chi connectivity index (χ2v) is 3.66. The van der Waals surface area contributed by atoms with Crippen molar-refractivity contribution in [3.63, 3.8) is 0 Å². The largest absolute Gasteiger partial charge is 0.305 e. The second kappa shape index (κ2) is 4.45. The number of aromatic nitrogens is 3. The van der Waals surface area contributed by atoms with Crippen LogP contribution in [0.25, 0.3) is 11.5 Å². The van der Waals surface area contributed by atoms with Crippen LogP contribution >= 0.6 is 11.6 Å². The van der Waals surface area contributed by atoms with Crippen LogP contribution < -0.4 is 5.56 Å². The van der Waals surface area contributed by atoms with E-state index in [1.165, 1.54) is 6.07 Å². The molecule has 0 amide bonds. The minimum absolute atomic E-state index is 0.211. The number of H-pyrrole nitrogens is 1. The van der Waals surface area contributed by atoms with Crippen molar-refractivity contribution in [2.45, 2.75) is 12.8 Å². The summed E-state index contributed by atoms with van der Waals surface area (Å²) in [7, 11) is 0. The predicted octanol–water partition coefficient (Wildman–Crippen LogP) is 1.88.